The number of rotatable bonds is 4. The van der Waals surface area contributed by atoms with E-state index in [1.54, 1.807) is 29.2 Å². The summed E-state index contributed by atoms with van der Waals surface area (Å²) in [6.45, 7) is 10.1. The molecule has 0 bridgehead atoms. The highest BCUT2D eigenvalue weighted by molar-refractivity contribution is 6.23. The van der Waals surface area contributed by atoms with E-state index in [0.717, 1.165) is 33.5 Å². The van der Waals surface area contributed by atoms with Gasteiger partial charge in [-0.2, -0.15) is 0 Å². The lowest BCUT2D eigenvalue weighted by atomic mass is 9.85. The second kappa shape index (κ2) is 8.59. The van der Waals surface area contributed by atoms with Gasteiger partial charge in [0.2, 0.25) is 0 Å². The molecule has 3 aromatic rings. The number of nitrogens with zero attached hydrogens (tertiary/aromatic N) is 2. The fraction of sp³-hybridized carbons (Fsp3) is 0.258. The standard InChI is InChI=1S/C31H30N2O3/c1-19-15-20(2)27-25(16-19)21(3)18-31(4,5)33(27)30(36)26(17-22-11-7-6-8-12-22)32-28(34)23-13-9-10-14-24(23)29(32)35/h6-16,18,26H,17H2,1-5H3. The number of hydrogen-bond donors (Lipinski definition) is 0. The first-order valence-corrected chi connectivity index (χ1v) is 12.3. The van der Waals surface area contributed by atoms with Gasteiger partial charge in [-0.1, -0.05) is 60.2 Å². The van der Waals surface area contributed by atoms with Gasteiger partial charge in [-0.15, -0.1) is 0 Å². The Morgan fingerprint density at radius 1 is 0.833 bits per heavy atom. The molecule has 0 N–H and O–H groups in total. The van der Waals surface area contributed by atoms with Crippen LogP contribution in [0.5, 0.6) is 0 Å². The fourth-order valence-electron chi connectivity index (χ4n) is 5.68. The summed E-state index contributed by atoms with van der Waals surface area (Å²) in [7, 11) is 0. The summed E-state index contributed by atoms with van der Waals surface area (Å²) in [6, 6.07) is 19.5. The van der Waals surface area contributed by atoms with Crippen LogP contribution in [0.2, 0.25) is 0 Å². The van der Waals surface area contributed by atoms with E-state index in [1.807, 2.05) is 58.0 Å². The van der Waals surface area contributed by atoms with E-state index < -0.39 is 23.4 Å². The monoisotopic (exact) mass is 478 g/mol. The molecule has 182 valence electrons. The lowest BCUT2D eigenvalue weighted by Gasteiger charge is -2.45. The van der Waals surface area contributed by atoms with Crippen molar-refractivity contribution in [2.75, 3.05) is 4.90 Å². The SMILES string of the molecule is CC1=CC(C)(C)N(C(=O)C(Cc2ccccc2)N2C(=O)c3ccccc3C2=O)c2c(C)cc(C)cc21. The van der Waals surface area contributed by atoms with Crippen molar-refractivity contribution < 1.29 is 14.4 Å². The van der Waals surface area contributed by atoms with Gasteiger partial charge >= 0.3 is 0 Å². The summed E-state index contributed by atoms with van der Waals surface area (Å²) in [5.41, 5.74) is 5.96. The minimum atomic E-state index is -0.987. The number of fused-ring (bicyclic) bond motifs is 2. The van der Waals surface area contributed by atoms with Crippen molar-refractivity contribution in [3.63, 3.8) is 0 Å². The number of amides is 3. The Labute approximate surface area is 212 Å². The first kappa shape index (κ1) is 23.7. The quantitative estimate of drug-likeness (QED) is 0.450. The van der Waals surface area contributed by atoms with E-state index in [4.69, 9.17) is 0 Å². The third-order valence-electron chi connectivity index (χ3n) is 7.15. The van der Waals surface area contributed by atoms with E-state index in [-0.39, 0.29) is 12.3 Å². The third-order valence-corrected chi connectivity index (χ3v) is 7.15. The van der Waals surface area contributed by atoms with Crippen LogP contribution in [-0.2, 0) is 11.2 Å². The van der Waals surface area contributed by atoms with Gasteiger partial charge in [0.1, 0.15) is 6.04 Å². The molecule has 0 aromatic heterocycles. The molecular weight excluding hydrogens is 448 g/mol. The van der Waals surface area contributed by atoms with Crippen LogP contribution in [0.3, 0.4) is 0 Å². The maximum absolute atomic E-state index is 14.6. The summed E-state index contributed by atoms with van der Waals surface area (Å²) in [5, 5.41) is 0. The molecule has 2 aliphatic rings. The zero-order valence-electron chi connectivity index (χ0n) is 21.3. The third kappa shape index (κ3) is 3.76. The molecular formula is C31H30N2O3. The van der Waals surface area contributed by atoms with Gasteiger partial charge in [-0.3, -0.25) is 19.3 Å². The molecule has 0 saturated heterocycles. The summed E-state index contributed by atoms with van der Waals surface area (Å²) in [5.74, 6) is -1.12. The molecule has 1 unspecified atom stereocenters. The molecule has 2 heterocycles. The van der Waals surface area contributed by atoms with Crippen LogP contribution in [0.15, 0.2) is 72.8 Å². The molecule has 0 radical (unpaired) electrons. The summed E-state index contributed by atoms with van der Waals surface area (Å²) in [4.78, 5) is 44.6. The summed E-state index contributed by atoms with van der Waals surface area (Å²) >= 11 is 0. The molecule has 5 heteroatoms. The number of benzene rings is 3. The van der Waals surface area contributed by atoms with Crippen molar-refractivity contribution in [3.05, 3.63) is 106 Å². The highest BCUT2D eigenvalue weighted by Crippen LogP contribution is 2.42. The highest BCUT2D eigenvalue weighted by Gasteiger charge is 2.47. The van der Waals surface area contributed by atoms with E-state index in [2.05, 4.69) is 25.1 Å². The van der Waals surface area contributed by atoms with Gasteiger partial charge in [0.15, 0.2) is 0 Å². The lowest BCUT2D eigenvalue weighted by molar-refractivity contribution is -0.123. The van der Waals surface area contributed by atoms with Crippen molar-refractivity contribution in [2.24, 2.45) is 0 Å². The van der Waals surface area contributed by atoms with Crippen LogP contribution in [0.1, 0.15) is 63.7 Å². The molecule has 0 spiro atoms. The van der Waals surface area contributed by atoms with E-state index >= 15 is 0 Å². The molecule has 3 amide bonds. The maximum Gasteiger partial charge on any atom is 0.262 e. The summed E-state index contributed by atoms with van der Waals surface area (Å²) < 4.78 is 0. The molecule has 5 rings (SSSR count). The highest BCUT2D eigenvalue weighted by atomic mass is 16.2. The van der Waals surface area contributed by atoms with Crippen molar-refractivity contribution in [2.45, 2.75) is 52.6 Å². The molecule has 0 aliphatic carbocycles. The Balaban J connectivity index is 1.66. The van der Waals surface area contributed by atoms with Gasteiger partial charge in [0.05, 0.1) is 22.4 Å². The van der Waals surface area contributed by atoms with E-state index in [1.165, 1.54) is 4.90 Å². The zero-order chi connectivity index (χ0) is 25.8. The maximum atomic E-state index is 14.6. The average molecular weight is 479 g/mol. The van der Waals surface area contributed by atoms with Crippen LogP contribution in [0.25, 0.3) is 5.57 Å². The Bertz CT molecular complexity index is 1400. The number of hydrogen-bond acceptors (Lipinski definition) is 3. The number of carbonyl (C=O) groups is 3. The zero-order valence-corrected chi connectivity index (χ0v) is 21.3. The first-order valence-electron chi connectivity index (χ1n) is 12.3. The van der Waals surface area contributed by atoms with Crippen molar-refractivity contribution >= 4 is 29.0 Å². The number of anilines is 1. The second-order valence-corrected chi connectivity index (χ2v) is 10.4. The van der Waals surface area contributed by atoms with Gasteiger partial charge in [-0.25, -0.2) is 0 Å². The molecule has 2 aliphatic heterocycles. The van der Waals surface area contributed by atoms with Gasteiger partial charge < -0.3 is 4.90 Å². The minimum Gasteiger partial charge on any atom is -0.301 e. The Morgan fingerprint density at radius 3 is 2.03 bits per heavy atom. The fourth-order valence-corrected chi connectivity index (χ4v) is 5.68. The molecule has 3 aromatic carbocycles. The lowest BCUT2D eigenvalue weighted by Crippen LogP contribution is -2.58. The first-order chi connectivity index (χ1) is 17.1. The average Bonchev–Trinajstić information content (AvgIpc) is 3.08. The molecule has 5 nitrogen and oxygen atoms in total. The summed E-state index contributed by atoms with van der Waals surface area (Å²) in [6.07, 6.45) is 2.33. The Kier molecular flexibility index (Phi) is 5.67. The molecule has 1 atom stereocenters. The number of allylic oxidation sites excluding steroid dienone is 1. The number of aryl methyl sites for hydroxylation is 2. The van der Waals surface area contributed by atoms with Gasteiger partial charge in [0.25, 0.3) is 17.7 Å². The smallest absolute Gasteiger partial charge is 0.262 e. The Hall–Kier alpha value is -3.99. The van der Waals surface area contributed by atoms with E-state index in [9.17, 15) is 14.4 Å². The van der Waals surface area contributed by atoms with Crippen LogP contribution >= 0.6 is 0 Å². The molecule has 0 saturated carbocycles. The number of imide groups is 1. The van der Waals surface area contributed by atoms with Crippen LogP contribution < -0.4 is 4.90 Å². The normalized spacial score (nSPS) is 17.0. The largest absolute Gasteiger partial charge is 0.301 e. The molecule has 0 fully saturated rings. The van der Waals surface area contributed by atoms with E-state index in [0.29, 0.717) is 11.1 Å². The van der Waals surface area contributed by atoms with Crippen LogP contribution in [-0.4, -0.2) is 34.2 Å². The number of carbonyl (C=O) groups excluding carboxylic acids is 3. The van der Waals surface area contributed by atoms with Crippen LogP contribution in [0, 0.1) is 13.8 Å². The predicted molar refractivity (Wildman–Crippen MR) is 142 cm³/mol. The van der Waals surface area contributed by atoms with Crippen LogP contribution in [0.4, 0.5) is 5.69 Å². The topological polar surface area (TPSA) is 57.7 Å². The van der Waals surface area contributed by atoms with Gasteiger partial charge in [0, 0.05) is 12.0 Å². The van der Waals surface area contributed by atoms with Gasteiger partial charge in [-0.05, 0) is 69.5 Å². The second-order valence-electron chi connectivity index (χ2n) is 10.4. The van der Waals surface area contributed by atoms with Crippen molar-refractivity contribution in [3.8, 4) is 0 Å². The predicted octanol–water partition coefficient (Wildman–Crippen LogP) is 5.74. The molecule has 36 heavy (non-hydrogen) atoms. The van der Waals surface area contributed by atoms with Crippen molar-refractivity contribution in [1.29, 1.82) is 0 Å². The van der Waals surface area contributed by atoms with Crippen molar-refractivity contribution in [1.82, 2.24) is 4.90 Å². The minimum absolute atomic E-state index is 0.237. The Morgan fingerprint density at radius 2 is 1.42 bits per heavy atom.